The summed E-state index contributed by atoms with van der Waals surface area (Å²) in [5.74, 6) is -1.54. The van der Waals surface area contributed by atoms with Crippen LogP contribution < -0.4 is 20.9 Å². The summed E-state index contributed by atoms with van der Waals surface area (Å²) in [6.07, 6.45) is 5.59. The van der Waals surface area contributed by atoms with Crippen LogP contribution >= 0.6 is 0 Å². The van der Waals surface area contributed by atoms with Gasteiger partial charge in [0.2, 0.25) is 17.8 Å². The Kier molecular flexibility index (Phi) is 10.8. The molecule has 328 valence electrons. The molecule has 3 aromatic carbocycles. The molecule has 3 aromatic heterocycles. The van der Waals surface area contributed by atoms with Crippen molar-refractivity contribution in [2.75, 3.05) is 41.7 Å². The number of rotatable bonds is 11. The lowest BCUT2D eigenvalue weighted by atomic mass is 9.88. The third-order valence-corrected chi connectivity index (χ3v) is 12.9. The zero-order valence-corrected chi connectivity index (χ0v) is 35.1. The highest BCUT2D eigenvalue weighted by atomic mass is 19.1. The van der Waals surface area contributed by atoms with Crippen LogP contribution in [0.5, 0.6) is 0 Å². The summed E-state index contributed by atoms with van der Waals surface area (Å²) in [5, 5.41) is 21.4. The number of likely N-dealkylation sites (tertiary alicyclic amines) is 1. The summed E-state index contributed by atoms with van der Waals surface area (Å²) in [4.78, 5) is 65.9. The molecular formula is C46H46F2N12O4. The van der Waals surface area contributed by atoms with Gasteiger partial charge in [-0.25, -0.2) is 13.5 Å². The minimum absolute atomic E-state index is 0.0627. The van der Waals surface area contributed by atoms with E-state index in [0.29, 0.717) is 28.8 Å². The molecule has 3 saturated heterocycles. The standard InChI is InChI=1S/C46H46F2N12O4/c1-26-20-39(56-55-26)51-41-36-24-50-60(42(36)54-46(53-41)49-23-30-6-7-31(47)21-37(30)48)32-14-16-57(17-15-32)25-27-2-4-28(5-3-27)29-12-18-58(19-13-29)33-8-9-34-35(22-33)45(64)59(44(34)63)38-10-11-40(61)52-43(38)62/h2-9,20-22,24,29,32,38H,10-19,23,25H2,1H3,(H,52,61,62)(H3,49,51,53,54,55,56). The predicted octanol–water partition coefficient (Wildman–Crippen LogP) is 6.11. The van der Waals surface area contributed by atoms with Crippen LogP contribution in [0.3, 0.4) is 0 Å². The summed E-state index contributed by atoms with van der Waals surface area (Å²) in [6.45, 7) is 6.15. The number of benzene rings is 3. The fourth-order valence-electron chi connectivity index (χ4n) is 9.41. The average Bonchev–Trinajstić information content (AvgIpc) is 3.99. The molecule has 16 nitrogen and oxygen atoms in total. The van der Waals surface area contributed by atoms with Gasteiger partial charge < -0.3 is 15.5 Å². The van der Waals surface area contributed by atoms with Gasteiger partial charge >= 0.3 is 0 Å². The monoisotopic (exact) mass is 868 g/mol. The molecule has 64 heavy (non-hydrogen) atoms. The molecule has 4 aliphatic rings. The number of fused-ring (bicyclic) bond motifs is 2. The maximum absolute atomic E-state index is 14.5. The Hall–Kier alpha value is -7.08. The number of carbonyl (C=O) groups is 4. The van der Waals surface area contributed by atoms with Crippen molar-refractivity contribution in [2.24, 2.45) is 0 Å². The molecule has 0 aliphatic carbocycles. The number of aromatic nitrogens is 6. The number of aryl methyl sites for hydroxylation is 1. The molecule has 0 bridgehead atoms. The highest BCUT2D eigenvalue weighted by Crippen LogP contribution is 2.35. The smallest absolute Gasteiger partial charge is 0.262 e. The molecular weight excluding hydrogens is 823 g/mol. The molecule has 0 radical (unpaired) electrons. The maximum Gasteiger partial charge on any atom is 0.262 e. The number of hydrogen-bond acceptors (Lipinski definition) is 12. The third kappa shape index (κ3) is 8.04. The van der Waals surface area contributed by atoms with Gasteiger partial charge in [0.1, 0.15) is 23.5 Å². The van der Waals surface area contributed by atoms with Crippen LogP contribution in [-0.2, 0) is 22.7 Å². The lowest BCUT2D eigenvalue weighted by Crippen LogP contribution is -2.54. The normalized spacial score (nSPS) is 18.8. The van der Waals surface area contributed by atoms with E-state index in [2.05, 4.69) is 65.2 Å². The first kappa shape index (κ1) is 41.0. The first-order chi connectivity index (χ1) is 31.0. The van der Waals surface area contributed by atoms with E-state index < -0.39 is 41.3 Å². The van der Waals surface area contributed by atoms with Crippen molar-refractivity contribution in [3.63, 3.8) is 0 Å². The quantitative estimate of drug-likeness (QED) is 0.110. The maximum atomic E-state index is 14.5. The summed E-state index contributed by atoms with van der Waals surface area (Å²) < 4.78 is 30.0. The SMILES string of the molecule is Cc1cc(Nc2nc(NCc3ccc(F)cc3F)nc3c2cnn3C2CCN(Cc3ccc(C4CCN(c5ccc6c(c5)C(=O)N(C5CCC(=O)NC5=O)C6=O)CC4)cc3)CC2)n[nH]1. The van der Waals surface area contributed by atoms with E-state index in [1.165, 1.54) is 23.3 Å². The van der Waals surface area contributed by atoms with Crippen LogP contribution in [0.15, 0.2) is 72.9 Å². The van der Waals surface area contributed by atoms with E-state index in [-0.39, 0.29) is 42.5 Å². The second-order valence-corrected chi connectivity index (χ2v) is 17.1. The van der Waals surface area contributed by atoms with Gasteiger partial charge in [-0.1, -0.05) is 30.3 Å². The number of halogens is 2. The van der Waals surface area contributed by atoms with Crippen molar-refractivity contribution in [3.8, 4) is 0 Å². The van der Waals surface area contributed by atoms with Crippen LogP contribution in [0.25, 0.3) is 11.0 Å². The lowest BCUT2D eigenvalue weighted by Gasteiger charge is -2.34. The largest absolute Gasteiger partial charge is 0.371 e. The Morgan fingerprint density at radius 3 is 2.34 bits per heavy atom. The van der Waals surface area contributed by atoms with Crippen LogP contribution in [0.2, 0.25) is 0 Å². The third-order valence-electron chi connectivity index (χ3n) is 12.9. The number of hydrogen-bond donors (Lipinski definition) is 4. The number of nitrogens with zero attached hydrogens (tertiary/aromatic N) is 8. The van der Waals surface area contributed by atoms with Gasteiger partial charge in [-0.05, 0) is 80.3 Å². The van der Waals surface area contributed by atoms with Crippen LogP contribution in [0.1, 0.15) is 93.6 Å². The summed E-state index contributed by atoms with van der Waals surface area (Å²) in [5.41, 5.74) is 5.82. The Morgan fingerprint density at radius 2 is 1.61 bits per heavy atom. The lowest BCUT2D eigenvalue weighted by molar-refractivity contribution is -0.136. The van der Waals surface area contributed by atoms with E-state index >= 15 is 0 Å². The summed E-state index contributed by atoms with van der Waals surface area (Å²) in [6, 6.07) is 18.7. The molecule has 4 amide bonds. The van der Waals surface area contributed by atoms with Gasteiger partial charge in [0.15, 0.2) is 11.5 Å². The molecule has 6 aromatic rings. The second kappa shape index (κ2) is 16.9. The van der Waals surface area contributed by atoms with Gasteiger partial charge in [-0.3, -0.25) is 39.4 Å². The van der Waals surface area contributed by atoms with Crippen molar-refractivity contribution in [2.45, 2.75) is 76.5 Å². The minimum Gasteiger partial charge on any atom is -0.371 e. The Balaban J connectivity index is 0.747. The molecule has 0 spiro atoms. The van der Waals surface area contributed by atoms with Crippen molar-refractivity contribution in [1.29, 1.82) is 0 Å². The molecule has 18 heteroatoms. The summed E-state index contributed by atoms with van der Waals surface area (Å²) in [7, 11) is 0. The van der Waals surface area contributed by atoms with Gasteiger partial charge in [0.25, 0.3) is 11.8 Å². The minimum atomic E-state index is -0.986. The van der Waals surface area contributed by atoms with Crippen LogP contribution in [-0.4, -0.2) is 95.6 Å². The fourth-order valence-corrected chi connectivity index (χ4v) is 9.41. The number of H-pyrrole nitrogens is 1. The van der Waals surface area contributed by atoms with Crippen molar-refractivity contribution in [3.05, 3.63) is 118 Å². The highest BCUT2D eigenvalue weighted by molar-refractivity contribution is 6.23. The number of carbonyl (C=O) groups excluding carboxylic acids is 4. The number of piperidine rings is 3. The Morgan fingerprint density at radius 1 is 0.828 bits per heavy atom. The van der Waals surface area contributed by atoms with E-state index in [1.807, 2.05) is 23.7 Å². The molecule has 7 heterocycles. The highest BCUT2D eigenvalue weighted by Gasteiger charge is 2.45. The molecule has 3 fully saturated rings. The predicted molar refractivity (Wildman–Crippen MR) is 233 cm³/mol. The Labute approximate surface area is 366 Å². The summed E-state index contributed by atoms with van der Waals surface area (Å²) >= 11 is 0. The first-order valence-corrected chi connectivity index (χ1v) is 21.7. The van der Waals surface area contributed by atoms with Gasteiger partial charge in [-0.2, -0.15) is 20.2 Å². The number of anilines is 4. The average molecular weight is 869 g/mol. The Bertz CT molecular complexity index is 2790. The first-order valence-electron chi connectivity index (χ1n) is 21.7. The fraction of sp³-hybridized carbons (Fsp3) is 0.348. The number of imide groups is 2. The molecule has 4 N–H and O–H groups in total. The molecule has 4 aliphatic heterocycles. The topological polar surface area (TPSA) is 186 Å². The number of aromatic amines is 1. The molecule has 0 saturated carbocycles. The van der Waals surface area contributed by atoms with Crippen LogP contribution in [0.4, 0.5) is 32.1 Å². The number of nitrogens with one attached hydrogen (secondary N) is 4. The number of amides is 4. The molecule has 1 unspecified atom stereocenters. The van der Waals surface area contributed by atoms with Gasteiger partial charge in [0, 0.05) is 74.8 Å². The molecule has 10 rings (SSSR count). The van der Waals surface area contributed by atoms with Crippen LogP contribution in [0, 0.1) is 18.6 Å². The van der Waals surface area contributed by atoms with E-state index in [4.69, 9.17) is 10.1 Å². The second-order valence-electron chi connectivity index (χ2n) is 17.1. The van der Waals surface area contributed by atoms with E-state index in [0.717, 1.165) is 86.1 Å². The zero-order chi connectivity index (χ0) is 44.1. The van der Waals surface area contributed by atoms with Crippen molar-refractivity contribution < 1.29 is 28.0 Å². The van der Waals surface area contributed by atoms with Crippen molar-refractivity contribution >= 4 is 57.9 Å². The van der Waals surface area contributed by atoms with Gasteiger partial charge in [-0.15, -0.1) is 0 Å². The van der Waals surface area contributed by atoms with E-state index in [9.17, 15) is 28.0 Å². The molecule has 1 atom stereocenters. The van der Waals surface area contributed by atoms with Crippen molar-refractivity contribution in [1.82, 2.24) is 45.1 Å². The zero-order valence-electron chi connectivity index (χ0n) is 35.1. The van der Waals surface area contributed by atoms with Gasteiger partial charge in [0.05, 0.1) is 28.8 Å². The van der Waals surface area contributed by atoms with E-state index in [1.54, 1.807) is 18.3 Å².